The monoisotopic (exact) mass is 340 g/mol. The molecule has 0 aliphatic heterocycles. The van der Waals surface area contributed by atoms with Crippen molar-refractivity contribution in [2.75, 3.05) is 20.1 Å². The van der Waals surface area contributed by atoms with Gasteiger partial charge in [0.2, 0.25) is 0 Å². The molecule has 0 unspecified atom stereocenters. The summed E-state index contributed by atoms with van der Waals surface area (Å²) >= 11 is 0. The van der Waals surface area contributed by atoms with Crippen molar-refractivity contribution < 1.29 is 23.8 Å². The van der Waals surface area contributed by atoms with Gasteiger partial charge in [-0.1, -0.05) is 0 Å². The lowest BCUT2D eigenvalue weighted by atomic mass is 10.1. The number of carboxylic acids is 1. The van der Waals surface area contributed by atoms with Gasteiger partial charge in [-0.15, -0.1) is 0 Å². The zero-order valence-electron chi connectivity index (χ0n) is 14.6. The number of halogens is 1. The average Bonchev–Trinajstić information content (AvgIpc) is 2.44. The quantitative estimate of drug-likeness (QED) is 0.746. The summed E-state index contributed by atoms with van der Waals surface area (Å²) in [6, 6.07) is 3.75. The highest BCUT2D eigenvalue weighted by atomic mass is 19.1. The molecule has 0 aliphatic carbocycles. The second-order valence-electron chi connectivity index (χ2n) is 6.63. The highest BCUT2D eigenvalue weighted by Gasteiger charge is 2.15. The van der Waals surface area contributed by atoms with Crippen molar-refractivity contribution >= 4 is 12.1 Å². The normalized spacial score (nSPS) is 11.4. The van der Waals surface area contributed by atoms with E-state index >= 15 is 0 Å². The Bertz CT molecular complexity index is 584. The molecular weight excluding hydrogens is 315 g/mol. The van der Waals surface area contributed by atoms with Gasteiger partial charge in [0.25, 0.3) is 0 Å². The minimum Gasteiger partial charge on any atom is -0.478 e. The molecule has 0 bridgehead atoms. The van der Waals surface area contributed by atoms with Gasteiger partial charge in [0, 0.05) is 18.7 Å². The van der Waals surface area contributed by atoms with E-state index in [2.05, 4.69) is 5.32 Å². The number of carbonyl (C=O) groups is 2. The number of alkyl carbamates (subject to hydrolysis) is 1. The molecule has 0 aliphatic rings. The van der Waals surface area contributed by atoms with E-state index in [1.807, 2.05) is 4.90 Å². The van der Waals surface area contributed by atoms with E-state index in [4.69, 9.17) is 9.84 Å². The third-order valence-corrected chi connectivity index (χ3v) is 3.12. The molecule has 0 saturated carbocycles. The number of ether oxygens (including phenoxy) is 1. The third kappa shape index (κ3) is 7.41. The van der Waals surface area contributed by atoms with Crippen LogP contribution in [0.25, 0.3) is 0 Å². The topological polar surface area (TPSA) is 78.9 Å². The van der Waals surface area contributed by atoms with Gasteiger partial charge in [0.15, 0.2) is 0 Å². The summed E-state index contributed by atoms with van der Waals surface area (Å²) in [7, 11) is 1.81. The molecule has 0 aromatic heterocycles. The molecule has 0 spiro atoms. The Morgan fingerprint density at radius 2 is 2.00 bits per heavy atom. The third-order valence-electron chi connectivity index (χ3n) is 3.12. The van der Waals surface area contributed by atoms with Crippen LogP contribution in [0.4, 0.5) is 9.18 Å². The van der Waals surface area contributed by atoms with Gasteiger partial charge in [-0.05, 0) is 59.0 Å². The molecule has 2 N–H and O–H groups in total. The molecule has 1 aromatic carbocycles. The zero-order valence-corrected chi connectivity index (χ0v) is 14.6. The Kier molecular flexibility index (Phi) is 7.16. The number of amides is 1. The van der Waals surface area contributed by atoms with E-state index in [-0.39, 0.29) is 5.56 Å². The average molecular weight is 340 g/mol. The van der Waals surface area contributed by atoms with E-state index in [0.717, 1.165) is 6.07 Å². The minimum atomic E-state index is -1.08. The summed E-state index contributed by atoms with van der Waals surface area (Å²) in [5.41, 5.74) is -0.142. The molecule has 0 atom stereocenters. The van der Waals surface area contributed by atoms with Gasteiger partial charge in [0.05, 0.1) is 5.56 Å². The largest absolute Gasteiger partial charge is 0.478 e. The smallest absolute Gasteiger partial charge is 0.407 e. The molecule has 0 radical (unpaired) electrons. The fraction of sp³-hybridized carbons (Fsp3) is 0.529. The van der Waals surface area contributed by atoms with Gasteiger partial charge < -0.3 is 20.1 Å². The maximum atomic E-state index is 13.8. The van der Waals surface area contributed by atoms with Crippen molar-refractivity contribution in [3.63, 3.8) is 0 Å². The summed E-state index contributed by atoms with van der Waals surface area (Å²) in [5, 5.41) is 11.6. The number of carbonyl (C=O) groups excluding carboxylic acids is 1. The number of nitrogens with one attached hydrogen (secondary N) is 1. The standard InChI is InChI=1S/C17H25FN2O4/c1-17(2,3)24-16(23)19-8-5-9-20(4)11-13-10-12(15(21)22)6-7-14(13)18/h6-7,10H,5,8-9,11H2,1-4H3,(H,19,23)(H,21,22). The van der Waals surface area contributed by atoms with Crippen LogP contribution in [0.1, 0.15) is 43.1 Å². The number of carboxylic acid groups (broad SMARTS) is 1. The van der Waals surface area contributed by atoms with Crippen LogP contribution in [0.2, 0.25) is 0 Å². The first kappa shape index (κ1) is 19.9. The van der Waals surface area contributed by atoms with Crippen molar-refractivity contribution in [2.24, 2.45) is 0 Å². The molecule has 0 saturated heterocycles. The van der Waals surface area contributed by atoms with Gasteiger partial charge in [-0.25, -0.2) is 14.0 Å². The molecule has 1 amide bonds. The Balaban J connectivity index is 2.39. The first-order chi connectivity index (χ1) is 11.1. The summed E-state index contributed by atoms with van der Waals surface area (Å²) < 4.78 is 18.9. The maximum absolute atomic E-state index is 13.8. The lowest BCUT2D eigenvalue weighted by Crippen LogP contribution is -2.34. The minimum absolute atomic E-state index is 0.0615. The van der Waals surface area contributed by atoms with Crippen LogP contribution in [0.15, 0.2) is 18.2 Å². The number of hydrogen-bond acceptors (Lipinski definition) is 4. The Morgan fingerprint density at radius 1 is 1.33 bits per heavy atom. The van der Waals surface area contributed by atoms with E-state index in [1.165, 1.54) is 12.1 Å². The predicted molar refractivity (Wildman–Crippen MR) is 88.5 cm³/mol. The van der Waals surface area contributed by atoms with E-state index < -0.39 is 23.5 Å². The van der Waals surface area contributed by atoms with Crippen molar-refractivity contribution in [1.82, 2.24) is 10.2 Å². The molecular formula is C17H25FN2O4. The number of rotatable bonds is 7. The molecule has 6 nitrogen and oxygen atoms in total. The van der Waals surface area contributed by atoms with E-state index in [0.29, 0.717) is 31.6 Å². The van der Waals surface area contributed by atoms with Gasteiger partial charge in [-0.2, -0.15) is 0 Å². The fourth-order valence-electron chi connectivity index (χ4n) is 2.05. The van der Waals surface area contributed by atoms with Crippen molar-refractivity contribution in [3.05, 3.63) is 35.1 Å². The van der Waals surface area contributed by atoms with Crippen LogP contribution in [0.3, 0.4) is 0 Å². The van der Waals surface area contributed by atoms with Crippen LogP contribution in [-0.2, 0) is 11.3 Å². The Labute approximate surface area is 141 Å². The molecule has 1 aromatic rings. The second-order valence-corrected chi connectivity index (χ2v) is 6.63. The highest BCUT2D eigenvalue weighted by Crippen LogP contribution is 2.13. The van der Waals surface area contributed by atoms with Gasteiger partial charge in [-0.3, -0.25) is 0 Å². The molecule has 134 valence electrons. The van der Waals surface area contributed by atoms with Crippen LogP contribution in [-0.4, -0.2) is 47.8 Å². The number of benzene rings is 1. The number of hydrogen-bond donors (Lipinski definition) is 2. The van der Waals surface area contributed by atoms with Crippen LogP contribution < -0.4 is 5.32 Å². The number of nitrogens with zero attached hydrogens (tertiary/aromatic N) is 1. The molecule has 0 fully saturated rings. The summed E-state index contributed by atoms with van der Waals surface area (Å²) in [6.45, 7) is 6.73. The highest BCUT2D eigenvalue weighted by molar-refractivity contribution is 5.87. The lowest BCUT2D eigenvalue weighted by molar-refractivity contribution is 0.0525. The summed E-state index contributed by atoms with van der Waals surface area (Å²) in [6.07, 6.45) is 0.195. The van der Waals surface area contributed by atoms with Crippen molar-refractivity contribution in [2.45, 2.75) is 39.3 Å². The molecule has 24 heavy (non-hydrogen) atoms. The van der Waals surface area contributed by atoms with E-state index in [1.54, 1.807) is 27.8 Å². The van der Waals surface area contributed by atoms with Crippen molar-refractivity contribution in [3.8, 4) is 0 Å². The SMILES string of the molecule is CN(CCCNC(=O)OC(C)(C)C)Cc1cc(C(=O)O)ccc1F. The second kappa shape index (κ2) is 8.63. The zero-order chi connectivity index (χ0) is 18.3. The molecule has 1 rings (SSSR count). The molecule has 7 heteroatoms. The molecule has 0 heterocycles. The predicted octanol–water partition coefficient (Wildman–Crippen LogP) is 2.87. The summed E-state index contributed by atoms with van der Waals surface area (Å²) in [5.74, 6) is -1.51. The Morgan fingerprint density at radius 3 is 2.58 bits per heavy atom. The van der Waals surface area contributed by atoms with E-state index in [9.17, 15) is 14.0 Å². The Hall–Kier alpha value is -2.15. The van der Waals surface area contributed by atoms with Crippen molar-refractivity contribution in [1.29, 1.82) is 0 Å². The number of aromatic carboxylic acids is 1. The summed E-state index contributed by atoms with van der Waals surface area (Å²) in [4.78, 5) is 24.3. The van der Waals surface area contributed by atoms with Crippen LogP contribution in [0, 0.1) is 5.82 Å². The first-order valence-electron chi connectivity index (χ1n) is 7.75. The van der Waals surface area contributed by atoms with Gasteiger partial charge >= 0.3 is 12.1 Å². The van der Waals surface area contributed by atoms with Crippen LogP contribution >= 0.6 is 0 Å². The lowest BCUT2D eigenvalue weighted by Gasteiger charge is -2.20. The van der Waals surface area contributed by atoms with Crippen LogP contribution in [0.5, 0.6) is 0 Å². The maximum Gasteiger partial charge on any atom is 0.407 e. The van der Waals surface area contributed by atoms with Gasteiger partial charge in [0.1, 0.15) is 11.4 Å². The fourth-order valence-corrected chi connectivity index (χ4v) is 2.05. The first-order valence-corrected chi connectivity index (χ1v) is 7.75.